The summed E-state index contributed by atoms with van der Waals surface area (Å²) in [6.07, 6.45) is 2.96. The van der Waals surface area contributed by atoms with E-state index in [1.54, 1.807) is 12.3 Å². The quantitative estimate of drug-likeness (QED) is 0.880. The fourth-order valence-electron chi connectivity index (χ4n) is 2.84. The monoisotopic (exact) mass is 320 g/mol. The molecule has 0 saturated carbocycles. The summed E-state index contributed by atoms with van der Waals surface area (Å²) in [4.78, 5) is 11.9. The summed E-state index contributed by atoms with van der Waals surface area (Å²) in [5, 5.41) is 6.26. The fraction of sp³-hybridized carbons (Fsp3) is 0.375. The van der Waals surface area contributed by atoms with Gasteiger partial charge < -0.3 is 11.1 Å². The molecule has 1 aliphatic rings. The Labute approximate surface area is 132 Å². The fourth-order valence-corrected chi connectivity index (χ4v) is 2.84. The predicted molar refractivity (Wildman–Crippen MR) is 80.8 cm³/mol. The lowest BCUT2D eigenvalue weighted by Gasteiger charge is -2.22. The topological polar surface area (TPSA) is 72.9 Å². The van der Waals surface area contributed by atoms with Crippen LogP contribution in [-0.2, 0) is 17.8 Å². The molecule has 2 aromatic rings. The van der Waals surface area contributed by atoms with Crippen LogP contribution in [0.3, 0.4) is 0 Å². The largest absolute Gasteiger partial charge is 0.346 e. The Balaban J connectivity index is 1.60. The number of benzene rings is 1. The van der Waals surface area contributed by atoms with Gasteiger partial charge in [0.15, 0.2) is 0 Å². The first kappa shape index (κ1) is 15.6. The second-order valence-electron chi connectivity index (χ2n) is 5.73. The van der Waals surface area contributed by atoms with E-state index >= 15 is 0 Å². The Bertz CT molecular complexity index is 687. The van der Waals surface area contributed by atoms with Crippen molar-refractivity contribution in [1.29, 1.82) is 0 Å². The van der Waals surface area contributed by atoms with Crippen LogP contribution in [0.2, 0.25) is 0 Å². The zero-order chi connectivity index (χ0) is 16.4. The molecular formula is C16H18F2N4O. The van der Waals surface area contributed by atoms with E-state index in [-0.39, 0.29) is 6.54 Å². The molecule has 1 aromatic carbocycles. The summed E-state index contributed by atoms with van der Waals surface area (Å²) in [6.45, 7) is -0.0234. The van der Waals surface area contributed by atoms with Crippen molar-refractivity contribution in [2.24, 2.45) is 5.73 Å². The molecule has 0 aliphatic heterocycles. The first-order valence-corrected chi connectivity index (χ1v) is 7.47. The minimum atomic E-state index is -3.46. The van der Waals surface area contributed by atoms with Crippen LogP contribution in [0.5, 0.6) is 0 Å². The molecule has 0 saturated heterocycles. The summed E-state index contributed by atoms with van der Waals surface area (Å²) in [6, 6.07) is 8.16. The van der Waals surface area contributed by atoms with E-state index in [9.17, 15) is 13.6 Å². The molecular weight excluding hydrogens is 302 g/mol. The second kappa shape index (κ2) is 6.08. The van der Waals surface area contributed by atoms with Gasteiger partial charge in [0.2, 0.25) is 0 Å². The first-order valence-electron chi connectivity index (χ1n) is 7.47. The Morgan fingerprint density at radius 2 is 2.17 bits per heavy atom. The number of amides is 1. The van der Waals surface area contributed by atoms with Crippen molar-refractivity contribution < 1.29 is 13.6 Å². The van der Waals surface area contributed by atoms with Gasteiger partial charge in [0.1, 0.15) is 0 Å². The molecule has 0 fully saturated rings. The Morgan fingerprint density at radius 1 is 1.39 bits per heavy atom. The van der Waals surface area contributed by atoms with Gasteiger partial charge >= 0.3 is 5.92 Å². The van der Waals surface area contributed by atoms with Crippen LogP contribution in [-0.4, -0.2) is 27.7 Å². The minimum Gasteiger partial charge on any atom is -0.346 e. The maximum atomic E-state index is 14.0. The number of hydrogen-bond donors (Lipinski definition) is 2. The summed E-state index contributed by atoms with van der Waals surface area (Å²) >= 11 is 0. The molecule has 0 radical (unpaired) electrons. The number of aryl methyl sites for hydroxylation is 1. The average molecular weight is 320 g/mol. The zero-order valence-corrected chi connectivity index (χ0v) is 12.5. The number of rotatable bonds is 5. The molecule has 1 aliphatic carbocycles. The van der Waals surface area contributed by atoms with Crippen molar-refractivity contribution in [2.75, 3.05) is 0 Å². The highest BCUT2D eigenvalue weighted by atomic mass is 19.3. The number of halogens is 2. The number of aromatic nitrogens is 2. The Kier molecular flexibility index (Phi) is 4.12. The van der Waals surface area contributed by atoms with Gasteiger partial charge in [-0.15, -0.1) is 0 Å². The summed E-state index contributed by atoms with van der Waals surface area (Å²) in [7, 11) is 0. The second-order valence-corrected chi connectivity index (χ2v) is 5.73. The molecule has 3 rings (SSSR count). The van der Waals surface area contributed by atoms with Gasteiger partial charge in [-0.2, -0.15) is 13.9 Å². The van der Waals surface area contributed by atoms with E-state index in [1.807, 2.05) is 24.3 Å². The molecule has 1 heterocycles. The lowest BCUT2D eigenvalue weighted by Crippen LogP contribution is -2.48. The molecule has 3 N–H and O–H groups in total. The number of carbonyl (C=O) groups excluding carboxylic acids is 1. The van der Waals surface area contributed by atoms with Crippen molar-refractivity contribution in [3.05, 3.63) is 53.9 Å². The average Bonchev–Trinajstić information content (AvgIpc) is 3.15. The highest BCUT2D eigenvalue weighted by molar-refractivity contribution is 5.83. The first-order chi connectivity index (χ1) is 11.0. The molecule has 122 valence electrons. The van der Waals surface area contributed by atoms with E-state index in [0.29, 0.717) is 6.42 Å². The maximum absolute atomic E-state index is 14.0. The number of hydrogen-bond acceptors (Lipinski definition) is 3. The smallest absolute Gasteiger partial charge is 0.326 e. The Morgan fingerprint density at radius 3 is 2.87 bits per heavy atom. The van der Waals surface area contributed by atoms with Crippen LogP contribution in [0.25, 0.3) is 0 Å². The Hall–Kier alpha value is -2.28. The molecule has 1 aromatic heterocycles. The van der Waals surface area contributed by atoms with Crippen LogP contribution < -0.4 is 11.1 Å². The van der Waals surface area contributed by atoms with Crippen molar-refractivity contribution >= 4 is 5.91 Å². The van der Waals surface area contributed by atoms with Crippen molar-refractivity contribution in [2.45, 2.75) is 37.4 Å². The third-order valence-corrected chi connectivity index (χ3v) is 4.15. The number of nitrogens with zero attached hydrogens (tertiary/aromatic N) is 2. The summed E-state index contributed by atoms with van der Waals surface area (Å²) < 4.78 is 29.4. The third-order valence-electron chi connectivity index (χ3n) is 4.15. The van der Waals surface area contributed by atoms with Crippen LogP contribution in [0, 0.1) is 0 Å². The van der Waals surface area contributed by atoms with Gasteiger partial charge in [-0.05, 0) is 23.6 Å². The lowest BCUT2D eigenvalue weighted by molar-refractivity contribution is -0.147. The van der Waals surface area contributed by atoms with Crippen LogP contribution in [0.15, 0.2) is 42.7 Å². The van der Waals surface area contributed by atoms with E-state index in [1.165, 1.54) is 10.9 Å². The standard InChI is InChI=1S/C16H18F2N4O/c17-16(18,6-9-22-8-3-7-20-22)15(23)21-13-10-11-4-1-2-5-12(11)14(13)19/h1-5,7-8,13-14H,6,9-10,19H2,(H,21,23)/t13-,14-/m1/s1. The lowest BCUT2D eigenvalue weighted by atomic mass is 10.1. The van der Waals surface area contributed by atoms with Gasteiger partial charge in [-0.3, -0.25) is 9.48 Å². The molecule has 0 bridgehead atoms. The van der Waals surface area contributed by atoms with E-state index in [2.05, 4.69) is 10.4 Å². The molecule has 2 atom stereocenters. The van der Waals surface area contributed by atoms with E-state index in [4.69, 9.17) is 5.73 Å². The zero-order valence-electron chi connectivity index (χ0n) is 12.5. The minimum absolute atomic E-state index is 0.0234. The van der Waals surface area contributed by atoms with Gasteiger partial charge in [0.25, 0.3) is 5.91 Å². The molecule has 23 heavy (non-hydrogen) atoms. The van der Waals surface area contributed by atoms with E-state index in [0.717, 1.165) is 11.1 Å². The van der Waals surface area contributed by atoms with Crippen molar-refractivity contribution in [3.63, 3.8) is 0 Å². The third kappa shape index (κ3) is 3.24. The van der Waals surface area contributed by atoms with Crippen LogP contribution >= 0.6 is 0 Å². The van der Waals surface area contributed by atoms with Crippen molar-refractivity contribution in [1.82, 2.24) is 15.1 Å². The van der Waals surface area contributed by atoms with Crippen LogP contribution in [0.1, 0.15) is 23.6 Å². The number of nitrogens with two attached hydrogens (primary N) is 1. The molecule has 1 amide bonds. The molecule has 5 nitrogen and oxygen atoms in total. The molecule has 0 unspecified atom stereocenters. The van der Waals surface area contributed by atoms with Crippen molar-refractivity contribution in [3.8, 4) is 0 Å². The van der Waals surface area contributed by atoms with E-state index < -0.39 is 30.3 Å². The highest BCUT2D eigenvalue weighted by Gasteiger charge is 2.41. The van der Waals surface area contributed by atoms with Gasteiger partial charge in [0, 0.05) is 25.4 Å². The summed E-state index contributed by atoms with van der Waals surface area (Å²) in [5.41, 5.74) is 7.95. The molecule has 0 spiro atoms. The molecule has 7 heteroatoms. The van der Waals surface area contributed by atoms with Crippen LogP contribution in [0.4, 0.5) is 8.78 Å². The highest BCUT2D eigenvalue weighted by Crippen LogP contribution is 2.30. The predicted octanol–water partition coefficient (Wildman–Crippen LogP) is 1.65. The number of fused-ring (bicyclic) bond motifs is 1. The SMILES string of the molecule is N[C@@H]1c2ccccc2C[C@H]1NC(=O)C(F)(F)CCn1cccn1. The van der Waals surface area contributed by atoms with Gasteiger partial charge in [-0.25, -0.2) is 0 Å². The number of alkyl halides is 2. The number of carbonyl (C=O) groups is 1. The number of nitrogens with one attached hydrogen (secondary N) is 1. The maximum Gasteiger partial charge on any atom is 0.326 e. The normalized spacial score (nSPS) is 20.3. The summed E-state index contributed by atoms with van der Waals surface area (Å²) in [5.74, 6) is -4.74. The van der Waals surface area contributed by atoms with Gasteiger partial charge in [-0.1, -0.05) is 24.3 Å². The van der Waals surface area contributed by atoms with Gasteiger partial charge in [0.05, 0.1) is 12.1 Å².